The maximum Gasteiger partial charge on any atom is 0.269 e. The SMILES string of the molecule is CNC(=O)c1cc(NC(=O)CCc2ccccc2F)nn1C. The molecule has 0 saturated carbocycles. The second-order valence-electron chi connectivity index (χ2n) is 4.76. The van der Waals surface area contributed by atoms with Gasteiger partial charge in [-0.15, -0.1) is 0 Å². The molecule has 0 spiro atoms. The van der Waals surface area contributed by atoms with Crippen LogP contribution in [0, 0.1) is 5.82 Å². The molecule has 2 N–H and O–H groups in total. The van der Waals surface area contributed by atoms with Crippen molar-refractivity contribution in [3.05, 3.63) is 47.4 Å². The molecular formula is C15H17FN4O2. The second kappa shape index (κ2) is 6.84. The lowest BCUT2D eigenvalue weighted by Crippen LogP contribution is -2.20. The minimum Gasteiger partial charge on any atom is -0.354 e. The molecule has 1 aromatic heterocycles. The summed E-state index contributed by atoms with van der Waals surface area (Å²) in [6, 6.07) is 7.83. The maximum atomic E-state index is 13.5. The van der Waals surface area contributed by atoms with Crippen LogP contribution < -0.4 is 10.6 Å². The van der Waals surface area contributed by atoms with Crippen LogP contribution in [0.4, 0.5) is 10.2 Å². The molecule has 2 aromatic rings. The van der Waals surface area contributed by atoms with Gasteiger partial charge in [-0.2, -0.15) is 5.10 Å². The van der Waals surface area contributed by atoms with Gasteiger partial charge in [-0.05, 0) is 18.1 Å². The Morgan fingerprint density at radius 3 is 2.73 bits per heavy atom. The minimum atomic E-state index is -0.324. The number of hydrogen-bond donors (Lipinski definition) is 2. The van der Waals surface area contributed by atoms with Crippen molar-refractivity contribution in [2.24, 2.45) is 7.05 Å². The van der Waals surface area contributed by atoms with Gasteiger partial charge in [-0.1, -0.05) is 18.2 Å². The van der Waals surface area contributed by atoms with Crippen LogP contribution in [0.5, 0.6) is 0 Å². The lowest BCUT2D eigenvalue weighted by Gasteiger charge is -2.03. The van der Waals surface area contributed by atoms with Crippen LogP contribution in [0.15, 0.2) is 30.3 Å². The van der Waals surface area contributed by atoms with E-state index in [2.05, 4.69) is 15.7 Å². The molecule has 2 amide bonds. The van der Waals surface area contributed by atoms with E-state index in [1.807, 2.05) is 0 Å². The number of aromatic nitrogens is 2. The lowest BCUT2D eigenvalue weighted by molar-refractivity contribution is -0.116. The number of hydrogen-bond acceptors (Lipinski definition) is 3. The predicted molar refractivity (Wildman–Crippen MR) is 79.9 cm³/mol. The van der Waals surface area contributed by atoms with Crippen LogP contribution in [-0.4, -0.2) is 28.6 Å². The monoisotopic (exact) mass is 304 g/mol. The Bertz CT molecular complexity index is 697. The summed E-state index contributed by atoms with van der Waals surface area (Å²) in [7, 11) is 3.13. The molecule has 0 atom stereocenters. The smallest absolute Gasteiger partial charge is 0.269 e. The predicted octanol–water partition coefficient (Wildman–Crippen LogP) is 1.49. The van der Waals surface area contributed by atoms with Crippen molar-refractivity contribution in [3.63, 3.8) is 0 Å². The molecular weight excluding hydrogens is 287 g/mol. The van der Waals surface area contributed by atoms with Crippen molar-refractivity contribution in [1.82, 2.24) is 15.1 Å². The highest BCUT2D eigenvalue weighted by atomic mass is 19.1. The van der Waals surface area contributed by atoms with Crippen molar-refractivity contribution in [2.45, 2.75) is 12.8 Å². The summed E-state index contributed by atoms with van der Waals surface area (Å²) in [4.78, 5) is 23.4. The Balaban J connectivity index is 1.95. The Morgan fingerprint density at radius 1 is 1.32 bits per heavy atom. The molecule has 6 nitrogen and oxygen atoms in total. The minimum absolute atomic E-state index is 0.132. The Labute approximate surface area is 127 Å². The van der Waals surface area contributed by atoms with Crippen LogP contribution in [0.1, 0.15) is 22.5 Å². The van der Waals surface area contributed by atoms with E-state index >= 15 is 0 Å². The number of anilines is 1. The normalized spacial score (nSPS) is 10.3. The summed E-state index contributed by atoms with van der Waals surface area (Å²) >= 11 is 0. The molecule has 0 aliphatic heterocycles. The van der Waals surface area contributed by atoms with Crippen molar-refractivity contribution < 1.29 is 14.0 Å². The number of nitrogens with zero attached hydrogens (tertiary/aromatic N) is 2. The quantitative estimate of drug-likeness (QED) is 0.878. The van der Waals surface area contributed by atoms with Crippen molar-refractivity contribution in [3.8, 4) is 0 Å². The van der Waals surface area contributed by atoms with Gasteiger partial charge in [0.1, 0.15) is 11.5 Å². The number of carbonyl (C=O) groups is 2. The van der Waals surface area contributed by atoms with Crippen molar-refractivity contribution >= 4 is 17.6 Å². The van der Waals surface area contributed by atoms with Crippen LogP contribution in [-0.2, 0) is 18.3 Å². The molecule has 1 aromatic carbocycles. The van der Waals surface area contributed by atoms with E-state index in [9.17, 15) is 14.0 Å². The van der Waals surface area contributed by atoms with Crippen molar-refractivity contribution in [1.29, 1.82) is 0 Å². The topological polar surface area (TPSA) is 76.0 Å². The molecule has 0 bridgehead atoms. The molecule has 2 rings (SSSR count). The zero-order valence-corrected chi connectivity index (χ0v) is 12.4. The van der Waals surface area contributed by atoms with Crippen molar-refractivity contribution in [2.75, 3.05) is 12.4 Å². The zero-order valence-electron chi connectivity index (χ0n) is 12.4. The Morgan fingerprint density at radius 2 is 2.05 bits per heavy atom. The van der Waals surface area contributed by atoms with Gasteiger partial charge in [0.25, 0.3) is 5.91 Å². The number of carbonyl (C=O) groups excluding carboxylic acids is 2. The van der Waals surface area contributed by atoms with E-state index < -0.39 is 0 Å². The van der Waals surface area contributed by atoms with Gasteiger partial charge in [-0.3, -0.25) is 14.3 Å². The first-order valence-electron chi connectivity index (χ1n) is 6.80. The number of halogens is 1. The second-order valence-corrected chi connectivity index (χ2v) is 4.76. The average molecular weight is 304 g/mol. The molecule has 0 unspecified atom stereocenters. The molecule has 0 fully saturated rings. The number of amides is 2. The van der Waals surface area contributed by atoms with Gasteiger partial charge in [0.2, 0.25) is 5.91 Å². The fraction of sp³-hybridized carbons (Fsp3) is 0.267. The Hall–Kier alpha value is -2.70. The van der Waals surface area contributed by atoms with Crippen LogP contribution in [0.3, 0.4) is 0 Å². The van der Waals surface area contributed by atoms with Gasteiger partial charge < -0.3 is 10.6 Å². The van der Waals surface area contributed by atoms with E-state index in [-0.39, 0.29) is 24.1 Å². The molecule has 0 aliphatic carbocycles. The largest absolute Gasteiger partial charge is 0.354 e. The van der Waals surface area contributed by atoms with Crippen LogP contribution >= 0.6 is 0 Å². The number of benzene rings is 1. The molecule has 7 heteroatoms. The molecule has 0 radical (unpaired) electrons. The van der Waals surface area contributed by atoms with E-state index in [0.717, 1.165) is 0 Å². The fourth-order valence-electron chi connectivity index (χ4n) is 2.02. The third kappa shape index (κ3) is 3.69. The molecule has 116 valence electrons. The highest BCUT2D eigenvalue weighted by Gasteiger charge is 2.13. The number of nitrogens with one attached hydrogen (secondary N) is 2. The molecule has 0 aliphatic rings. The average Bonchev–Trinajstić information content (AvgIpc) is 2.86. The summed E-state index contributed by atoms with van der Waals surface area (Å²) in [5.41, 5.74) is 0.830. The number of rotatable bonds is 5. The first-order chi connectivity index (χ1) is 10.5. The van der Waals surface area contributed by atoms with Crippen LogP contribution in [0.2, 0.25) is 0 Å². The van der Waals surface area contributed by atoms with Crippen LogP contribution in [0.25, 0.3) is 0 Å². The maximum absolute atomic E-state index is 13.5. The third-order valence-electron chi connectivity index (χ3n) is 3.19. The first kappa shape index (κ1) is 15.7. The van der Waals surface area contributed by atoms with E-state index in [4.69, 9.17) is 0 Å². The molecule has 22 heavy (non-hydrogen) atoms. The summed E-state index contributed by atoms with van der Waals surface area (Å²) in [6.07, 6.45) is 0.431. The van der Waals surface area contributed by atoms with Gasteiger partial charge in [-0.25, -0.2) is 4.39 Å². The third-order valence-corrected chi connectivity index (χ3v) is 3.19. The molecule has 1 heterocycles. The summed E-state index contributed by atoms with van der Waals surface area (Å²) in [5, 5.41) is 9.13. The summed E-state index contributed by atoms with van der Waals surface area (Å²) < 4.78 is 14.8. The van der Waals surface area contributed by atoms with E-state index in [1.54, 1.807) is 25.2 Å². The number of aryl methyl sites for hydroxylation is 2. The van der Waals surface area contributed by atoms with E-state index in [0.29, 0.717) is 23.5 Å². The lowest BCUT2D eigenvalue weighted by atomic mass is 10.1. The summed E-state index contributed by atoms with van der Waals surface area (Å²) in [5.74, 6) is -0.610. The standard InChI is InChI=1S/C15H17FN4O2/c1-17-15(22)12-9-13(19-20(12)2)18-14(21)8-7-10-5-3-4-6-11(10)16/h3-6,9H,7-8H2,1-2H3,(H,17,22)(H,18,19,21). The highest BCUT2D eigenvalue weighted by Crippen LogP contribution is 2.11. The highest BCUT2D eigenvalue weighted by molar-refractivity contribution is 5.95. The van der Waals surface area contributed by atoms with Gasteiger partial charge in [0, 0.05) is 26.6 Å². The van der Waals surface area contributed by atoms with Gasteiger partial charge >= 0.3 is 0 Å². The van der Waals surface area contributed by atoms with Gasteiger partial charge in [0.05, 0.1) is 0 Å². The van der Waals surface area contributed by atoms with E-state index in [1.165, 1.54) is 23.9 Å². The zero-order chi connectivity index (χ0) is 16.1. The molecule has 0 saturated heterocycles. The first-order valence-corrected chi connectivity index (χ1v) is 6.80. The Kier molecular flexibility index (Phi) is 4.88. The fourth-order valence-corrected chi connectivity index (χ4v) is 2.02. The summed E-state index contributed by atoms with van der Waals surface area (Å²) in [6.45, 7) is 0. The van der Waals surface area contributed by atoms with Gasteiger partial charge in [0.15, 0.2) is 5.82 Å².